The van der Waals surface area contributed by atoms with E-state index < -0.39 is 0 Å². The number of aryl methyl sites for hydroxylation is 1. The molecule has 1 fully saturated rings. The second-order valence-corrected chi connectivity index (χ2v) is 3.63. The van der Waals surface area contributed by atoms with Gasteiger partial charge in [0.15, 0.2) is 0 Å². The standard InChI is InChI=1S/C10H15N3O/c1-8-5-12-10(13-6-8)14-9-3-2-4-11-7-9/h5-6,9,11H,2-4,7H2,1H3/t9-/m0/s1. The van der Waals surface area contributed by atoms with Crippen molar-refractivity contribution < 1.29 is 4.74 Å². The summed E-state index contributed by atoms with van der Waals surface area (Å²) < 4.78 is 5.63. The minimum absolute atomic E-state index is 0.228. The molecule has 2 heterocycles. The first kappa shape index (κ1) is 9.40. The predicted octanol–water partition coefficient (Wildman–Crippen LogP) is 0.916. The molecule has 4 heteroatoms. The average molecular weight is 193 g/mol. The van der Waals surface area contributed by atoms with E-state index in [4.69, 9.17) is 4.74 Å². The van der Waals surface area contributed by atoms with Crippen molar-refractivity contribution in [3.05, 3.63) is 18.0 Å². The van der Waals surface area contributed by atoms with Gasteiger partial charge in [-0.3, -0.25) is 0 Å². The van der Waals surface area contributed by atoms with Crippen LogP contribution in [0.3, 0.4) is 0 Å². The normalized spacial score (nSPS) is 21.9. The summed E-state index contributed by atoms with van der Waals surface area (Å²) in [7, 11) is 0. The Morgan fingerprint density at radius 3 is 2.86 bits per heavy atom. The van der Waals surface area contributed by atoms with Gasteiger partial charge in [0.25, 0.3) is 0 Å². The Kier molecular flexibility index (Phi) is 2.93. The van der Waals surface area contributed by atoms with Crippen LogP contribution in [0.25, 0.3) is 0 Å². The van der Waals surface area contributed by atoms with Gasteiger partial charge in [-0.1, -0.05) is 0 Å². The molecular weight excluding hydrogens is 178 g/mol. The first-order valence-electron chi connectivity index (χ1n) is 5.00. The summed E-state index contributed by atoms with van der Waals surface area (Å²) in [6, 6.07) is 0.490. The van der Waals surface area contributed by atoms with Crippen LogP contribution in [0, 0.1) is 6.92 Å². The van der Waals surface area contributed by atoms with Crippen LogP contribution >= 0.6 is 0 Å². The molecule has 1 aromatic heterocycles. The number of nitrogens with one attached hydrogen (secondary N) is 1. The minimum Gasteiger partial charge on any atom is -0.459 e. The van der Waals surface area contributed by atoms with Crippen LogP contribution in [0.1, 0.15) is 18.4 Å². The molecule has 1 saturated heterocycles. The number of hydrogen-bond donors (Lipinski definition) is 1. The molecule has 14 heavy (non-hydrogen) atoms. The molecule has 76 valence electrons. The van der Waals surface area contributed by atoms with Crippen molar-refractivity contribution in [2.45, 2.75) is 25.9 Å². The third kappa shape index (κ3) is 2.42. The largest absolute Gasteiger partial charge is 0.459 e. The summed E-state index contributed by atoms with van der Waals surface area (Å²) in [5.74, 6) is 0. The average Bonchev–Trinajstić information content (AvgIpc) is 2.23. The van der Waals surface area contributed by atoms with E-state index in [-0.39, 0.29) is 6.10 Å². The van der Waals surface area contributed by atoms with E-state index >= 15 is 0 Å². The number of aromatic nitrogens is 2. The zero-order chi connectivity index (χ0) is 9.80. The van der Waals surface area contributed by atoms with Crippen LogP contribution in [0.4, 0.5) is 0 Å². The topological polar surface area (TPSA) is 47.0 Å². The van der Waals surface area contributed by atoms with Crippen molar-refractivity contribution in [3.63, 3.8) is 0 Å². The summed E-state index contributed by atoms with van der Waals surface area (Å²) in [5, 5.41) is 3.29. The van der Waals surface area contributed by atoms with Crippen molar-refractivity contribution in [3.8, 4) is 6.01 Å². The summed E-state index contributed by atoms with van der Waals surface area (Å²) in [5.41, 5.74) is 1.05. The Morgan fingerprint density at radius 2 is 2.21 bits per heavy atom. The van der Waals surface area contributed by atoms with Gasteiger partial charge in [-0.2, -0.15) is 0 Å². The second kappa shape index (κ2) is 4.37. The molecule has 0 unspecified atom stereocenters. The molecular formula is C10H15N3O. The lowest BCUT2D eigenvalue weighted by Gasteiger charge is -2.22. The molecule has 0 radical (unpaired) electrons. The van der Waals surface area contributed by atoms with E-state index in [2.05, 4.69) is 15.3 Å². The number of ether oxygens (including phenoxy) is 1. The second-order valence-electron chi connectivity index (χ2n) is 3.63. The highest BCUT2D eigenvalue weighted by atomic mass is 16.5. The maximum Gasteiger partial charge on any atom is 0.316 e. The van der Waals surface area contributed by atoms with E-state index in [0.717, 1.165) is 31.5 Å². The van der Waals surface area contributed by atoms with Gasteiger partial charge in [-0.05, 0) is 31.9 Å². The number of rotatable bonds is 2. The molecule has 2 rings (SSSR count). The molecule has 1 N–H and O–H groups in total. The highest BCUT2D eigenvalue weighted by molar-refractivity contribution is 5.04. The van der Waals surface area contributed by atoms with Gasteiger partial charge >= 0.3 is 6.01 Å². The van der Waals surface area contributed by atoms with E-state index in [1.807, 2.05) is 6.92 Å². The Balaban J connectivity index is 1.92. The van der Waals surface area contributed by atoms with Crippen LogP contribution in [0.15, 0.2) is 12.4 Å². The molecule has 0 amide bonds. The molecule has 0 aliphatic carbocycles. The van der Waals surface area contributed by atoms with Crippen LogP contribution in [-0.4, -0.2) is 29.2 Å². The van der Waals surface area contributed by atoms with Crippen LogP contribution in [-0.2, 0) is 0 Å². The Labute approximate surface area is 83.7 Å². The highest BCUT2D eigenvalue weighted by Crippen LogP contribution is 2.09. The number of nitrogens with zero attached hydrogens (tertiary/aromatic N) is 2. The summed E-state index contributed by atoms with van der Waals surface area (Å²) >= 11 is 0. The van der Waals surface area contributed by atoms with Crippen LogP contribution in [0.5, 0.6) is 6.01 Å². The third-order valence-electron chi connectivity index (χ3n) is 2.28. The van der Waals surface area contributed by atoms with Crippen molar-refractivity contribution in [1.29, 1.82) is 0 Å². The lowest BCUT2D eigenvalue weighted by Crippen LogP contribution is -2.37. The van der Waals surface area contributed by atoms with Gasteiger partial charge in [-0.25, -0.2) is 9.97 Å². The smallest absolute Gasteiger partial charge is 0.316 e. The lowest BCUT2D eigenvalue weighted by atomic mass is 10.1. The molecule has 1 aromatic rings. The minimum atomic E-state index is 0.228. The van der Waals surface area contributed by atoms with Gasteiger partial charge in [0.1, 0.15) is 6.10 Å². The zero-order valence-electron chi connectivity index (χ0n) is 8.36. The van der Waals surface area contributed by atoms with Crippen LogP contribution < -0.4 is 10.1 Å². The summed E-state index contributed by atoms with van der Waals surface area (Å²) in [6.45, 7) is 3.96. The first-order valence-corrected chi connectivity index (χ1v) is 5.00. The molecule has 1 aliphatic rings. The molecule has 0 bridgehead atoms. The Bertz CT molecular complexity index is 280. The first-order chi connectivity index (χ1) is 6.84. The van der Waals surface area contributed by atoms with Crippen molar-refractivity contribution in [2.75, 3.05) is 13.1 Å². The fourth-order valence-electron chi connectivity index (χ4n) is 1.51. The van der Waals surface area contributed by atoms with E-state index in [9.17, 15) is 0 Å². The lowest BCUT2D eigenvalue weighted by molar-refractivity contribution is 0.153. The third-order valence-corrected chi connectivity index (χ3v) is 2.28. The highest BCUT2D eigenvalue weighted by Gasteiger charge is 2.15. The van der Waals surface area contributed by atoms with Gasteiger partial charge in [0, 0.05) is 18.9 Å². The fourth-order valence-corrected chi connectivity index (χ4v) is 1.51. The van der Waals surface area contributed by atoms with Crippen LogP contribution in [0.2, 0.25) is 0 Å². The Hall–Kier alpha value is -1.16. The van der Waals surface area contributed by atoms with Crippen molar-refractivity contribution in [1.82, 2.24) is 15.3 Å². The van der Waals surface area contributed by atoms with E-state index in [1.165, 1.54) is 0 Å². The predicted molar refractivity (Wildman–Crippen MR) is 53.3 cm³/mol. The molecule has 0 aromatic carbocycles. The SMILES string of the molecule is Cc1cnc(O[C@H]2CCCNC2)nc1. The maximum absolute atomic E-state index is 5.63. The molecule has 0 spiro atoms. The van der Waals surface area contributed by atoms with Gasteiger partial charge < -0.3 is 10.1 Å². The summed E-state index contributed by atoms with van der Waals surface area (Å²) in [4.78, 5) is 8.22. The quantitative estimate of drug-likeness (QED) is 0.758. The van der Waals surface area contributed by atoms with Crippen molar-refractivity contribution >= 4 is 0 Å². The van der Waals surface area contributed by atoms with E-state index in [0.29, 0.717) is 6.01 Å². The number of hydrogen-bond acceptors (Lipinski definition) is 4. The molecule has 1 aliphatic heterocycles. The Morgan fingerprint density at radius 1 is 1.43 bits per heavy atom. The maximum atomic E-state index is 5.63. The molecule has 1 atom stereocenters. The van der Waals surface area contributed by atoms with E-state index in [1.54, 1.807) is 12.4 Å². The number of piperidine rings is 1. The zero-order valence-corrected chi connectivity index (χ0v) is 8.36. The molecule has 0 saturated carbocycles. The summed E-state index contributed by atoms with van der Waals surface area (Å²) in [6.07, 6.45) is 6.03. The van der Waals surface area contributed by atoms with Gasteiger partial charge in [0.05, 0.1) is 0 Å². The monoisotopic (exact) mass is 193 g/mol. The fraction of sp³-hybridized carbons (Fsp3) is 0.600. The van der Waals surface area contributed by atoms with Gasteiger partial charge in [0.2, 0.25) is 0 Å². The van der Waals surface area contributed by atoms with Gasteiger partial charge in [-0.15, -0.1) is 0 Å². The van der Waals surface area contributed by atoms with Crippen molar-refractivity contribution in [2.24, 2.45) is 0 Å². The molecule has 4 nitrogen and oxygen atoms in total.